The minimum absolute atomic E-state index is 0.0473. The second-order valence-corrected chi connectivity index (χ2v) is 9.31. The Morgan fingerprint density at radius 3 is 2.29 bits per heavy atom. The molecule has 0 bridgehead atoms. The predicted octanol–water partition coefficient (Wildman–Crippen LogP) is 1.24. The molecule has 2 fully saturated rings. The van der Waals surface area contributed by atoms with Gasteiger partial charge in [0.1, 0.15) is 0 Å². The molecule has 28 heavy (non-hydrogen) atoms. The van der Waals surface area contributed by atoms with Crippen molar-refractivity contribution in [2.24, 2.45) is 0 Å². The Labute approximate surface area is 167 Å². The van der Waals surface area contributed by atoms with Crippen molar-refractivity contribution in [2.75, 3.05) is 45.8 Å². The molecule has 0 N–H and O–H groups in total. The summed E-state index contributed by atoms with van der Waals surface area (Å²) in [6.07, 6.45) is 1.71. The van der Waals surface area contributed by atoms with Gasteiger partial charge < -0.3 is 9.64 Å². The van der Waals surface area contributed by atoms with Gasteiger partial charge in [-0.3, -0.25) is 9.69 Å². The molecular weight excluding hydrogens is 378 g/mol. The number of carbonyl (C=O) groups excluding carboxylic acids is 1. The molecule has 1 amide bonds. The zero-order valence-corrected chi connectivity index (χ0v) is 17.3. The number of amides is 1. The number of nitrogens with zero attached hydrogens (tertiary/aromatic N) is 3. The minimum Gasteiger partial charge on any atom is -0.372 e. The maximum atomic E-state index is 12.6. The lowest BCUT2D eigenvalue weighted by molar-refractivity contribution is -0.144. The third kappa shape index (κ3) is 5.64. The Balaban J connectivity index is 1.50. The van der Waals surface area contributed by atoms with Crippen LogP contribution in [0.25, 0.3) is 6.08 Å². The molecule has 0 aliphatic carbocycles. The lowest BCUT2D eigenvalue weighted by Crippen LogP contribution is -2.54. The molecule has 2 aliphatic heterocycles. The van der Waals surface area contributed by atoms with Crippen LogP contribution >= 0.6 is 0 Å². The average molecular weight is 408 g/mol. The van der Waals surface area contributed by atoms with Crippen molar-refractivity contribution in [1.29, 1.82) is 0 Å². The normalized spacial score (nSPS) is 25.3. The van der Waals surface area contributed by atoms with Gasteiger partial charge in [-0.1, -0.05) is 30.3 Å². The van der Waals surface area contributed by atoms with E-state index in [2.05, 4.69) is 0 Å². The molecule has 1 aromatic carbocycles. The molecule has 154 valence electrons. The molecule has 8 heteroatoms. The van der Waals surface area contributed by atoms with Gasteiger partial charge in [-0.2, -0.15) is 4.31 Å². The number of ether oxygens (including phenoxy) is 1. The van der Waals surface area contributed by atoms with Gasteiger partial charge in [0.2, 0.25) is 15.9 Å². The molecule has 2 aliphatic rings. The summed E-state index contributed by atoms with van der Waals surface area (Å²) in [6.45, 7) is 7.40. The Morgan fingerprint density at radius 1 is 1.07 bits per heavy atom. The standard InChI is InChI=1S/C20H29N3O4S/c1-17-14-22(15-18(2)27-17)20(24)16-21-9-11-23(12-10-21)28(25,26)13-8-19-6-4-3-5-7-19/h3-8,13,17-18H,9-12,14-16H2,1-2H3/b13-8+/t17-,18-/m1/s1. The SMILES string of the molecule is C[C@@H]1CN(C(=O)CN2CCN(S(=O)(=O)/C=C/c3ccccc3)CC2)C[C@@H](C)O1. The van der Waals surface area contributed by atoms with Crippen LogP contribution in [-0.4, -0.2) is 86.5 Å². The van der Waals surface area contributed by atoms with E-state index in [1.165, 1.54) is 9.71 Å². The lowest BCUT2D eigenvalue weighted by Gasteiger charge is -2.38. The molecule has 1 aromatic rings. The highest BCUT2D eigenvalue weighted by molar-refractivity contribution is 7.92. The molecular formula is C20H29N3O4S. The number of sulfonamides is 1. The first-order valence-corrected chi connectivity index (χ1v) is 11.2. The van der Waals surface area contributed by atoms with Crippen molar-refractivity contribution < 1.29 is 17.9 Å². The average Bonchev–Trinajstić information content (AvgIpc) is 2.67. The topological polar surface area (TPSA) is 70.2 Å². The van der Waals surface area contributed by atoms with Crippen molar-refractivity contribution in [3.05, 3.63) is 41.3 Å². The Hall–Kier alpha value is -1.74. The van der Waals surface area contributed by atoms with Crippen LogP contribution in [0, 0.1) is 0 Å². The number of piperazine rings is 1. The van der Waals surface area contributed by atoms with E-state index in [4.69, 9.17) is 4.74 Å². The first-order chi connectivity index (χ1) is 13.3. The maximum absolute atomic E-state index is 12.6. The highest BCUT2D eigenvalue weighted by atomic mass is 32.2. The number of rotatable bonds is 5. The van der Waals surface area contributed by atoms with Gasteiger partial charge >= 0.3 is 0 Å². The van der Waals surface area contributed by atoms with E-state index in [9.17, 15) is 13.2 Å². The van der Waals surface area contributed by atoms with Gasteiger partial charge in [0, 0.05) is 44.7 Å². The molecule has 7 nitrogen and oxygen atoms in total. The van der Waals surface area contributed by atoms with Gasteiger partial charge in [-0.05, 0) is 25.5 Å². The van der Waals surface area contributed by atoms with Crippen molar-refractivity contribution in [3.63, 3.8) is 0 Å². The molecule has 3 rings (SSSR count). The van der Waals surface area contributed by atoms with Crippen LogP contribution < -0.4 is 0 Å². The Bertz CT molecular complexity index is 779. The fourth-order valence-corrected chi connectivity index (χ4v) is 4.80. The van der Waals surface area contributed by atoms with Crippen molar-refractivity contribution in [1.82, 2.24) is 14.1 Å². The quantitative estimate of drug-likeness (QED) is 0.735. The molecule has 0 aromatic heterocycles. The van der Waals surface area contributed by atoms with Gasteiger partial charge in [0.25, 0.3) is 0 Å². The van der Waals surface area contributed by atoms with Crippen LogP contribution in [0.2, 0.25) is 0 Å². The molecule has 2 heterocycles. The zero-order valence-electron chi connectivity index (χ0n) is 16.5. The van der Waals surface area contributed by atoms with Gasteiger partial charge in [-0.15, -0.1) is 0 Å². The third-order valence-corrected chi connectivity index (χ3v) is 6.62. The van der Waals surface area contributed by atoms with Crippen molar-refractivity contribution >= 4 is 22.0 Å². The first kappa shape index (κ1) is 21.0. The summed E-state index contributed by atoms with van der Waals surface area (Å²) in [5, 5.41) is 1.26. The largest absolute Gasteiger partial charge is 0.372 e. The zero-order chi connectivity index (χ0) is 20.1. The van der Waals surface area contributed by atoms with Gasteiger partial charge in [0.15, 0.2) is 0 Å². The molecule has 0 saturated carbocycles. The van der Waals surface area contributed by atoms with Crippen LogP contribution in [-0.2, 0) is 19.6 Å². The lowest BCUT2D eigenvalue weighted by atomic mass is 10.2. The van der Waals surface area contributed by atoms with Gasteiger partial charge in [0.05, 0.1) is 18.8 Å². The summed E-state index contributed by atoms with van der Waals surface area (Å²) >= 11 is 0. The van der Waals surface area contributed by atoms with Crippen LogP contribution in [0.5, 0.6) is 0 Å². The highest BCUT2D eigenvalue weighted by Gasteiger charge is 2.29. The highest BCUT2D eigenvalue weighted by Crippen LogP contribution is 2.14. The van der Waals surface area contributed by atoms with Crippen LogP contribution in [0.4, 0.5) is 0 Å². The summed E-state index contributed by atoms with van der Waals surface area (Å²) in [5.74, 6) is 0.0854. The van der Waals surface area contributed by atoms with E-state index in [1.54, 1.807) is 6.08 Å². The van der Waals surface area contributed by atoms with E-state index >= 15 is 0 Å². The number of benzene rings is 1. The molecule has 0 spiro atoms. The first-order valence-electron chi connectivity index (χ1n) is 9.72. The summed E-state index contributed by atoms with van der Waals surface area (Å²) < 4.78 is 32.2. The summed E-state index contributed by atoms with van der Waals surface area (Å²) in [7, 11) is -3.45. The third-order valence-electron chi connectivity index (χ3n) is 5.05. The summed E-state index contributed by atoms with van der Waals surface area (Å²) in [4.78, 5) is 16.5. The van der Waals surface area contributed by atoms with E-state index in [-0.39, 0.29) is 18.1 Å². The van der Waals surface area contributed by atoms with E-state index in [0.717, 1.165) is 5.56 Å². The van der Waals surface area contributed by atoms with E-state index in [1.807, 2.05) is 54.0 Å². The fraction of sp³-hybridized carbons (Fsp3) is 0.550. The summed E-state index contributed by atoms with van der Waals surface area (Å²) in [6, 6.07) is 9.37. The number of carbonyl (C=O) groups is 1. The molecule has 2 atom stereocenters. The molecule has 0 radical (unpaired) electrons. The monoisotopic (exact) mass is 407 g/mol. The maximum Gasteiger partial charge on any atom is 0.236 e. The van der Waals surface area contributed by atoms with Crippen molar-refractivity contribution in [3.8, 4) is 0 Å². The fourth-order valence-electron chi connectivity index (χ4n) is 3.63. The number of hydrogen-bond acceptors (Lipinski definition) is 5. The van der Waals surface area contributed by atoms with Gasteiger partial charge in [-0.25, -0.2) is 8.42 Å². The van der Waals surface area contributed by atoms with Crippen LogP contribution in [0.15, 0.2) is 35.7 Å². The smallest absolute Gasteiger partial charge is 0.236 e. The Morgan fingerprint density at radius 2 is 1.68 bits per heavy atom. The second kappa shape index (κ2) is 9.17. The number of morpholine rings is 1. The number of hydrogen-bond donors (Lipinski definition) is 0. The van der Waals surface area contributed by atoms with E-state index < -0.39 is 10.0 Å². The van der Waals surface area contributed by atoms with Crippen LogP contribution in [0.3, 0.4) is 0 Å². The minimum atomic E-state index is -3.45. The molecule has 0 unspecified atom stereocenters. The predicted molar refractivity (Wildman–Crippen MR) is 109 cm³/mol. The summed E-state index contributed by atoms with van der Waals surface area (Å²) in [5.41, 5.74) is 0.851. The van der Waals surface area contributed by atoms with E-state index in [0.29, 0.717) is 45.8 Å². The molecule has 2 saturated heterocycles. The second-order valence-electron chi connectivity index (χ2n) is 7.49. The van der Waals surface area contributed by atoms with Crippen LogP contribution in [0.1, 0.15) is 19.4 Å². The van der Waals surface area contributed by atoms with Crippen molar-refractivity contribution in [2.45, 2.75) is 26.1 Å². The Kier molecular flexibility index (Phi) is 6.87.